The average Bonchev–Trinajstić information content (AvgIpc) is 1.90. The van der Waals surface area contributed by atoms with Gasteiger partial charge in [-0.25, -0.2) is 0 Å². The Morgan fingerprint density at radius 3 is 2.11 bits per heavy atom. The second-order valence-corrected chi connectivity index (χ2v) is 6.17. The van der Waals surface area contributed by atoms with Crippen LogP contribution in [0.5, 0.6) is 0 Å². The van der Waals surface area contributed by atoms with Gasteiger partial charge < -0.3 is 0 Å². The van der Waals surface area contributed by atoms with Crippen molar-refractivity contribution in [3.05, 3.63) is 24.3 Å². The van der Waals surface area contributed by atoms with E-state index in [-0.39, 0.29) is 0 Å². The fourth-order valence-corrected chi connectivity index (χ4v) is 2.26. The van der Waals surface area contributed by atoms with E-state index in [0.29, 0.717) is 0 Å². The summed E-state index contributed by atoms with van der Waals surface area (Å²) in [6.45, 7) is 4.79. The van der Waals surface area contributed by atoms with Crippen LogP contribution in [0.4, 0.5) is 0 Å². The normalized spacial score (nSPS) is 19.4. The lowest BCUT2D eigenvalue weighted by molar-refractivity contribution is 1.20. The van der Waals surface area contributed by atoms with Crippen LogP contribution < -0.4 is 0 Å². The molecule has 0 nitrogen and oxygen atoms in total. The minimum absolute atomic E-state index is 0.425. The first-order chi connectivity index (χ1) is 4.30. The third-order valence-corrected chi connectivity index (χ3v) is 3.74. The fourth-order valence-electron chi connectivity index (χ4n) is 1.06. The summed E-state index contributed by atoms with van der Waals surface area (Å²) < 4.78 is 0. The molecule has 0 N–H and O–H groups in total. The predicted octanol–water partition coefficient (Wildman–Crippen LogP) is 2.36. The van der Waals surface area contributed by atoms with E-state index < -0.39 is 8.80 Å². The van der Waals surface area contributed by atoms with Crippen LogP contribution in [0.2, 0.25) is 18.6 Å². The first-order valence-electron chi connectivity index (χ1n) is 3.64. The van der Waals surface area contributed by atoms with Crippen molar-refractivity contribution in [2.75, 3.05) is 0 Å². The number of rotatable bonds is 1. The highest BCUT2D eigenvalue weighted by Gasteiger charge is 2.07. The summed E-state index contributed by atoms with van der Waals surface area (Å²) >= 11 is 0. The van der Waals surface area contributed by atoms with Crippen LogP contribution in [-0.4, -0.2) is 8.80 Å². The van der Waals surface area contributed by atoms with Gasteiger partial charge in [-0.2, -0.15) is 0 Å². The molecule has 0 heterocycles. The monoisotopic (exact) mass is 138 g/mol. The molecule has 1 heteroatoms. The molecule has 50 valence electrons. The van der Waals surface area contributed by atoms with E-state index in [4.69, 9.17) is 0 Å². The summed E-state index contributed by atoms with van der Waals surface area (Å²) in [6, 6.07) is 0. The Balaban J connectivity index is 2.49. The molecule has 0 spiro atoms. The van der Waals surface area contributed by atoms with Crippen LogP contribution in [0.3, 0.4) is 0 Å². The van der Waals surface area contributed by atoms with Gasteiger partial charge in [-0.05, 0) is 12.0 Å². The standard InChI is InChI=1S/C8H14Si/c1-9(2)8-6-4-3-5-7-8/h4-9H,3H2,1-2H3. The van der Waals surface area contributed by atoms with E-state index in [9.17, 15) is 0 Å². The Morgan fingerprint density at radius 2 is 1.78 bits per heavy atom. The summed E-state index contributed by atoms with van der Waals surface area (Å²) in [4.78, 5) is 0. The molecule has 0 saturated carbocycles. The maximum Gasteiger partial charge on any atom is 0.0427 e. The SMILES string of the molecule is C[SiH](C)C1C=CCC=C1. The molecule has 0 amide bonds. The van der Waals surface area contributed by atoms with E-state index in [0.717, 1.165) is 12.0 Å². The van der Waals surface area contributed by atoms with E-state index in [2.05, 4.69) is 37.4 Å². The lowest BCUT2D eigenvalue weighted by Crippen LogP contribution is -2.08. The lowest BCUT2D eigenvalue weighted by atomic mass is 10.2. The Bertz CT molecular complexity index is 122. The predicted molar refractivity (Wildman–Crippen MR) is 45.5 cm³/mol. The highest BCUT2D eigenvalue weighted by molar-refractivity contribution is 6.58. The first-order valence-corrected chi connectivity index (χ1v) is 6.61. The Labute approximate surface area is 58.9 Å². The molecule has 1 aliphatic rings. The molecule has 0 aromatic rings. The third-order valence-electron chi connectivity index (χ3n) is 1.76. The van der Waals surface area contributed by atoms with Crippen molar-refractivity contribution in [2.45, 2.75) is 25.1 Å². The molecule has 0 aromatic heterocycles. The van der Waals surface area contributed by atoms with Crippen molar-refractivity contribution in [2.24, 2.45) is 0 Å². The second kappa shape index (κ2) is 3.02. The molecular weight excluding hydrogens is 124 g/mol. The quantitative estimate of drug-likeness (QED) is 0.385. The van der Waals surface area contributed by atoms with E-state index >= 15 is 0 Å². The zero-order valence-corrected chi connectivity index (χ0v) is 7.33. The van der Waals surface area contributed by atoms with Crippen molar-refractivity contribution >= 4 is 8.80 Å². The number of allylic oxidation sites excluding steroid dienone is 4. The molecular formula is C8H14Si. The maximum absolute atomic E-state index is 2.39. The van der Waals surface area contributed by atoms with Gasteiger partial charge in [-0.3, -0.25) is 0 Å². The van der Waals surface area contributed by atoms with Crippen molar-refractivity contribution in [3.8, 4) is 0 Å². The molecule has 0 aromatic carbocycles. The second-order valence-electron chi connectivity index (χ2n) is 2.91. The third kappa shape index (κ3) is 1.83. The summed E-state index contributed by atoms with van der Waals surface area (Å²) in [5, 5.41) is 0. The van der Waals surface area contributed by atoms with Gasteiger partial charge in [0.2, 0.25) is 0 Å². The van der Waals surface area contributed by atoms with Gasteiger partial charge in [0.05, 0.1) is 0 Å². The Hall–Kier alpha value is -0.303. The molecule has 9 heavy (non-hydrogen) atoms. The van der Waals surface area contributed by atoms with Crippen LogP contribution in [-0.2, 0) is 0 Å². The fraction of sp³-hybridized carbons (Fsp3) is 0.500. The zero-order valence-electron chi connectivity index (χ0n) is 6.17. The highest BCUT2D eigenvalue weighted by Crippen LogP contribution is 2.18. The van der Waals surface area contributed by atoms with Crippen LogP contribution in [0.15, 0.2) is 24.3 Å². The van der Waals surface area contributed by atoms with Gasteiger partial charge in [-0.15, -0.1) is 0 Å². The van der Waals surface area contributed by atoms with Crippen molar-refractivity contribution < 1.29 is 0 Å². The van der Waals surface area contributed by atoms with Crippen molar-refractivity contribution in [1.29, 1.82) is 0 Å². The average molecular weight is 138 g/mol. The molecule has 0 atom stereocenters. The minimum Gasteiger partial charge on any atom is -0.0845 e. The topological polar surface area (TPSA) is 0 Å². The first kappa shape index (κ1) is 6.81. The van der Waals surface area contributed by atoms with Crippen molar-refractivity contribution in [1.82, 2.24) is 0 Å². The molecule has 0 saturated heterocycles. The summed E-state index contributed by atoms with van der Waals surface area (Å²) in [5.41, 5.74) is 0.832. The summed E-state index contributed by atoms with van der Waals surface area (Å²) in [7, 11) is -0.425. The van der Waals surface area contributed by atoms with Crippen LogP contribution in [0, 0.1) is 0 Å². The summed E-state index contributed by atoms with van der Waals surface area (Å²) in [5.74, 6) is 0. The Kier molecular flexibility index (Phi) is 2.28. The number of hydrogen-bond donors (Lipinski definition) is 0. The molecule has 0 aliphatic heterocycles. The van der Waals surface area contributed by atoms with Crippen molar-refractivity contribution in [3.63, 3.8) is 0 Å². The highest BCUT2D eigenvalue weighted by atomic mass is 28.3. The Morgan fingerprint density at radius 1 is 1.22 bits per heavy atom. The van der Waals surface area contributed by atoms with Gasteiger partial charge in [0.25, 0.3) is 0 Å². The molecule has 0 bridgehead atoms. The molecule has 0 fully saturated rings. The number of hydrogen-bond acceptors (Lipinski definition) is 0. The van der Waals surface area contributed by atoms with Gasteiger partial charge in [0.1, 0.15) is 0 Å². The minimum atomic E-state index is -0.425. The van der Waals surface area contributed by atoms with E-state index in [1.807, 2.05) is 0 Å². The van der Waals surface area contributed by atoms with E-state index in [1.54, 1.807) is 0 Å². The molecule has 1 rings (SSSR count). The summed E-state index contributed by atoms with van der Waals surface area (Å²) in [6.07, 6.45) is 10.4. The zero-order chi connectivity index (χ0) is 6.69. The van der Waals surface area contributed by atoms with Gasteiger partial charge >= 0.3 is 0 Å². The molecule has 1 aliphatic carbocycles. The lowest BCUT2D eigenvalue weighted by Gasteiger charge is -2.12. The van der Waals surface area contributed by atoms with Gasteiger partial charge in [0, 0.05) is 8.80 Å². The largest absolute Gasteiger partial charge is 0.0845 e. The van der Waals surface area contributed by atoms with Crippen LogP contribution in [0.1, 0.15) is 6.42 Å². The maximum atomic E-state index is 2.39. The van der Waals surface area contributed by atoms with Gasteiger partial charge in [0.15, 0.2) is 0 Å². The molecule has 0 unspecified atom stereocenters. The van der Waals surface area contributed by atoms with Crippen LogP contribution in [0.25, 0.3) is 0 Å². The smallest absolute Gasteiger partial charge is 0.0427 e. The van der Waals surface area contributed by atoms with E-state index in [1.165, 1.54) is 0 Å². The van der Waals surface area contributed by atoms with Crippen LogP contribution >= 0.6 is 0 Å². The van der Waals surface area contributed by atoms with Gasteiger partial charge in [-0.1, -0.05) is 37.4 Å². The molecule has 0 radical (unpaired) electrons.